The molecule has 1 atom stereocenters. The zero-order valence-corrected chi connectivity index (χ0v) is 19.4. The molecule has 1 amide bonds. The van der Waals surface area contributed by atoms with Crippen LogP contribution in [0.1, 0.15) is 22.7 Å². The van der Waals surface area contributed by atoms with Crippen LogP contribution in [0.25, 0.3) is 5.76 Å². The summed E-state index contributed by atoms with van der Waals surface area (Å²) in [7, 11) is 4.49. The largest absolute Gasteiger partial charge is 0.507 e. The van der Waals surface area contributed by atoms with Gasteiger partial charge in [-0.25, -0.2) is 0 Å². The second kappa shape index (κ2) is 9.31. The highest BCUT2D eigenvalue weighted by Gasteiger charge is 2.48. The summed E-state index contributed by atoms with van der Waals surface area (Å²) in [6, 6.07) is 18.3. The van der Waals surface area contributed by atoms with E-state index in [0.29, 0.717) is 28.5 Å². The van der Waals surface area contributed by atoms with Crippen molar-refractivity contribution in [3.63, 3.8) is 0 Å². The van der Waals surface area contributed by atoms with Crippen LogP contribution in [0.5, 0.6) is 17.2 Å². The molecule has 0 spiro atoms. The van der Waals surface area contributed by atoms with E-state index in [9.17, 15) is 14.7 Å². The predicted molar refractivity (Wildman–Crippen MR) is 129 cm³/mol. The molecule has 0 aromatic heterocycles. The Morgan fingerprint density at radius 2 is 1.53 bits per heavy atom. The molecule has 0 saturated carbocycles. The Kier molecular flexibility index (Phi) is 6.27. The van der Waals surface area contributed by atoms with Crippen molar-refractivity contribution in [2.45, 2.75) is 13.0 Å². The Labute approximate surface area is 197 Å². The number of aliphatic hydroxyl groups is 1. The maximum atomic E-state index is 13.4. The van der Waals surface area contributed by atoms with Crippen LogP contribution in [0, 0.1) is 6.92 Å². The van der Waals surface area contributed by atoms with E-state index in [0.717, 1.165) is 5.56 Å². The Balaban J connectivity index is 1.99. The van der Waals surface area contributed by atoms with Crippen LogP contribution in [0.3, 0.4) is 0 Å². The van der Waals surface area contributed by atoms with E-state index in [-0.39, 0.29) is 16.9 Å². The van der Waals surface area contributed by atoms with Gasteiger partial charge < -0.3 is 19.3 Å². The van der Waals surface area contributed by atoms with Crippen LogP contribution < -0.4 is 19.1 Å². The van der Waals surface area contributed by atoms with Gasteiger partial charge in [-0.15, -0.1) is 0 Å². The SMILES string of the molecule is COc1ccc(/C(O)=C2\C(=O)C(=O)N(c3ccc(C)cc3)C2c2ccccc2OC)c(OC)c1. The monoisotopic (exact) mass is 459 g/mol. The van der Waals surface area contributed by atoms with Gasteiger partial charge in [-0.2, -0.15) is 0 Å². The number of methoxy groups -OCH3 is 3. The molecule has 3 aromatic rings. The van der Waals surface area contributed by atoms with Crippen molar-refractivity contribution in [2.24, 2.45) is 0 Å². The number of benzene rings is 3. The van der Waals surface area contributed by atoms with Crippen molar-refractivity contribution in [1.29, 1.82) is 0 Å². The number of carbonyl (C=O) groups is 2. The number of para-hydroxylation sites is 1. The van der Waals surface area contributed by atoms with Crippen molar-refractivity contribution in [3.8, 4) is 17.2 Å². The number of amides is 1. The number of hydrogen-bond donors (Lipinski definition) is 1. The lowest BCUT2D eigenvalue weighted by atomic mass is 9.94. The Morgan fingerprint density at radius 1 is 0.853 bits per heavy atom. The van der Waals surface area contributed by atoms with E-state index in [1.165, 1.54) is 26.2 Å². The van der Waals surface area contributed by atoms with Gasteiger partial charge in [-0.05, 0) is 37.3 Å². The molecule has 34 heavy (non-hydrogen) atoms. The van der Waals surface area contributed by atoms with E-state index in [2.05, 4.69) is 0 Å². The lowest BCUT2D eigenvalue weighted by Crippen LogP contribution is -2.29. The molecule has 1 unspecified atom stereocenters. The fourth-order valence-electron chi connectivity index (χ4n) is 4.13. The number of rotatable bonds is 6. The van der Waals surface area contributed by atoms with E-state index in [4.69, 9.17) is 14.2 Å². The third-order valence-electron chi connectivity index (χ3n) is 5.85. The summed E-state index contributed by atoms with van der Waals surface area (Å²) in [6.07, 6.45) is 0. The molecule has 1 heterocycles. The minimum Gasteiger partial charge on any atom is -0.507 e. The van der Waals surface area contributed by atoms with Gasteiger partial charge in [0.25, 0.3) is 11.7 Å². The van der Waals surface area contributed by atoms with Crippen molar-refractivity contribution >= 4 is 23.1 Å². The molecule has 0 bridgehead atoms. The standard InChI is InChI=1S/C27H25NO6/c1-16-9-11-17(12-10-16)28-24(19-7-5-6-8-21(19)33-3)23(26(30)27(28)31)25(29)20-14-13-18(32-2)15-22(20)34-4/h5-15,24,29H,1-4H3/b25-23+. The Hall–Kier alpha value is -4.26. The highest BCUT2D eigenvalue weighted by Crippen LogP contribution is 2.45. The summed E-state index contributed by atoms with van der Waals surface area (Å²) in [5.41, 5.74) is 2.32. The van der Waals surface area contributed by atoms with Crippen molar-refractivity contribution in [2.75, 3.05) is 26.2 Å². The van der Waals surface area contributed by atoms with E-state index in [1.807, 2.05) is 19.1 Å². The lowest BCUT2D eigenvalue weighted by molar-refractivity contribution is -0.132. The third kappa shape index (κ3) is 3.85. The number of ketones is 1. The number of Topliss-reactive ketones (excluding diaryl/α,β-unsaturated/α-hetero) is 1. The fraction of sp³-hybridized carbons (Fsp3) is 0.185. The zero-order valence-electron chi connectivity index (χ0n) is 19.4. The second-order valence-corrected chi connectivity index (χ2v) is 7.81. The molecule has 1 fully saturated rings. The summed E-state index contributed by atoms with van der Waals surface area (Å²) in [5, 5.41) is 11.4. The first-order valence-corrected chi connectivity index (χ1v) is 10.6. The fourth-order valence-corrected chi connectivity index (χ4v) is 4.13. The molecule has 1 N–H and O–H groups in total. The minimum atomic E-state index is -0.911. The summed E-state index contributed by atoms with van der Waals surface area (Å²) in [5.74, 6) is -0.574. The van der Waals surface area contributed by atoms with Gasteiger partial charge in [0.2, 0.25) is 0 Å². The van der Waals surface area contributed by atoms with Crippen LogP contribution in [-0.2, 0) is 9.59 Å². The molecule has 4 rings (SSSR count). The van der Waals surface area contributed by atoms with Gasteiger partial charge in [0.1, 0.15) is 23.0 Å². The quantitative estimate of drug-likeness (QED) is 0.328. The van der Waals surface area contributed by atoms with Crippen molar-refractivity contribution in [1.82, 2.24) is 0 Å². The molecule has 1 saturated heterocycles. The summed E-state index contributed by atoms with van der Waals surface area (Å²) < 4.78 is 16.2. The molecular formula is C27H25NO6. The Bertz CT molecular complexity index is 1280. The minimum absolute atomic E-state index is 0.0569. The number of nitrogens with zero attached hydrogens (tertiary/aromatic N) is 1. The molecule has 1 aliphatic rings. The number of hydrogen-bond acceptors (Lipinski definition) is 6. The van der Waals surface area contributed by atoms with Crippen molar-refractivity contribution < 1.29 is 28.9 Å². The maximum absolute atomic E-state index is 13.4. The number of carbonyl (C=O) groups excluding carboxylic acids is 2. The third-order valence-corrected chi connectivity index (χ3v) is 5.85. The average Bonchev–Trinajstić information content (AvgIpc) is 3.13. The van der Waals surface area contributed by atoms with Crippen molar-refractivity contribution in [3.05, 3.63) is 89.0 Å². The van der Waals surface area contributed by atoms with Crippen LogP contribution in [0.4, 0.5) is 5.69 Å². The van der Waals surface area contributed by atoms with Crippen LogP contribution in [-0.4, -0.2) is 38.1 Å². The topological polar surface area (TPSA) is 85.3 Å². The number of anilines is 1. The van der Waals surface area contributed by atoms with E-state index in [1.54, 1.807) is 54.6 Å². The van der Waals surface area contributed by atoms with E-state index >= 15 is 0 Å². The summed E-state index contributed by atoms with van der Waals surface area (Å²) in [6.45, 7) is 1.94. The van der Waals surface area contributed by atoms with Gasteiger partial charge in [0.15, 0.2) is 0 Å². The molecule has 7 heteroatoms. The van der Waals surface area contributed by atoms with Gasteiger partial charge >= 0.3 is 0 Å². The highest BCUT2D eigenvalue weighted by molar-refractivity contribution is 6.51. The van der Waals surface area contributed by atoms with Gasteiger partial charge in [0.05, 0.1) is 38.5 Å². The molecule has 0 aliphatic carbocycles. The summed E-state index contributed by atoms with van der Waals surface area (Å²) in [4.78, 5) is 28.1. The molecule has 1 aliphatic heterocycles. The smallest absolute Gasteiger partial charge is 0.300 e. The second-order valence-electron chi connectivity index (χ2n) is 7.81. The molecule has 0 radical (unpaired) electrons. The zero-order chi connectivity index (χ0) is 24.4. The van der Waals surface area contributed by atoms with Crippen LogP contribution in [0.15, 0.2) is 72.3 Å². The number of aryl methyl sites for hydroxylation is 1. The predicted octanol–water partition coefficient (Wildman–Crippen LogP) is 4.65. The van der Waals surface area contributed by atoms with E-state index < -0.39 is 17.7 Å². The molecular weight excluding hydrogens is 434 g/mol. The number of aliphatic hydroxyl groups excluding tert-OH is 1. The molecule has 7 nitrogen and oxygen atoms in total. The van der Waals surface area contributed by atoms with Crippen LogP contribution >= 0.6 is 0 Å². The van der Waals surface area contributed by atoms with Gasteiger partial charge in [-0.1, -0.05) is 35.9 Å². The average molecular weight is 459 g/mol. The molecule has 3 aromatic carbocycles. The maximum Gasteiger partial charge on any atom is 0.300 e. The van der Waals surface area contributed by atoms with Crippen LogP contribution in [0.2, 0.25) is 0 Å². The Morgan fingerprint density at radius 3 is 2.18 bits per heavy atom. The van der Waals surface area contributed by atoms with Gasteiger partial charge in [0, 0.05) is 17.3 Å². The first-order valence-electron chi connectivity index (χ1n) is 10.6. The highest BCUT2D eigenvalue weighted by atomic mass is 16.5. The number of ether oxygens (including phenoxy) is 3. The first-order chi connectivity index (χ1) is 16.4. The molecule has 174 valence electrons. The summed E-state index contributed by atoms with van der Waals surface area (Å²) >= 11 is 0. The first kappa shape index (κ1) is 22.9. The van der Waals surface area contributed by atoms with Gasteiger partial charge in [-0.3, -0.25) is 14.5 Å². The normalized spacial score (nSPS) is 17.1. The lowest BCUT2D eigenvalue weighted by Gasteiger charge is -2.27.